The maximum atomic E-state index is 10.5. The van der Waals surface area contributed by atoms with E-state index in [1.807, 2.05) is 0 Å². The molecule has 0 aliphatic rings. The molecule has 0 aliphatic heterocycles. The van der Waals surface area contributed by atoms with Gasteiger partial charge < -0.3 is 18.4 Å². The van der Waals surface area contributed by atoms with Crippen molar-refractivity contribution in [2.75, 3.05) is 6.54 Å². The first-order valence-corrected chi connectivity index (χ1v) is 4.19. The van der Waals surface area contributed by atoms with Crippen LogP contribution in [0.3, 0.4) is 0 Å². The van der Waals surface area contributed by atoms with Crippen molar-refractivity contribution in [3.05, 3.63) is 0 Å². The minimum atomic E-state index is -1.18. The van der Waals surface area contributed by atoms with Crippen LogP contribution in [-0.2, 0) is 9.59 Å². The number of hydrogen-bond acceptors (Lipinski definition) is 3. The van der Waals surface area contributed by atoms with E-state index in [0.29, 0.717) is 0 Å². The summed E-state index contributed by atoms with van der Waals surface area (Å²) >= 11 is 5.56. The molecule has 15 heavy (non-hydrogen) atoms. The Hall–Kier alpha value is 1.19. The number of nitrogens with one attached hydrogen (secondary N) is 1. The van der Waals surface area contributed by atoms with Gasteiger partial charge in [0.2, 0.25) is 0 Å². The number of halogens is 1. The minimum Gasteiger partial charge on any atom is -1.00 e. The second-order valence-corrected chi connectivity index (χ2v) is 3.42. The van der Waals surface area contributed by atoms with Gasteiger partial charge in [-0.3, -0.25) is 9.59 Å². The SMILES string of the molecule is CC(Cl)CN[C@@H](CC(=O)O)C(=O)O.[H-].[H-].[Na+].[Na+]. The number of carboxylic acid groups (broad SMARTS) is 2. The number of rotatable bonds is 6. The van der Waals surface area contributed by atoms with E-state index >= 15 is 0 Å². The molecular formula is C7H14ClNNa2O4. The van der Waals surface area contributed by atoms with Crippen molar-refractivity contribution in [1.29, 1.82) is 0 Å². The molecule has 0 saturated carbocycles. The van der Waals surface area contributed by atoms with E-state index < -0.39 is 24.4 Å². The Labute approximate surface area is 140 Å². The summed E-state index contributed by atoms with van der Waals surface area (Å²) in [4.78, 5) is 20.7. The molecule has 0 rings (SSSR count). The average Bonchev–Trinajstić information content (AvgIpc) is 1.96. The third kappa shape index (κ3) is 13.1. The molecule has 0 aliphatic carbocycles. The molecule has 0 heterocycles. The Balaban J connectivity index is -0.000000120. The molecule has 0 fully saturated rings. The monoisotopic (exact) mass is 257 g/mol. The summed E-state index contributed by atoms with van der Waals surface area (Å²) in [6.45, 7) is 1.96. The van der Waals surface area contributed by atoms with Gasteiger partial charge in [-0.15, -0.1) is 11.6 Å². The predicted molar refractivity (Wildman–Crippen MR) is 49.2 cm³/mol. The van der Waals surface area contributed by atoms with Gasteiger partial charge >= 0.3 is 71.1 Å². The molecule has 5 nitrogen and oxygen atoms in total. The Morgan fingerprint density at radius 3 is 2.13 bits per heavy atom. The van der Waals surface area contributed by atoms with E-state index in [-0.39, 0.29) is 73.9 Å². The van der Waals surface area contributed by atoms with Gasteiger partial charge in [0.15, 0.2) is 0 Å². The number of alkyl halides is 1. The predicted octanol–water partition coefficient (Wildman–Crippen LogP) is -5.64. The van der Waals surface area contributed by atoms with Crippen LogP contribution in [-0.4, -0.2) is 40.1 Å². The van der Waals surface area contributed by atoms with Crippen molar-refractivity contribution in [2.24, 2.45) is 0 Å². The average molecular weight is 258 g/mol. The van der Waals surface area contributed by atoms with Crippen LogP contribution in [0, 0.1) is 0 Å². The molecule has 0 radical (unpaired) electrons. The van der Waals surface area contributed by atoms with E-state index in [0.717, 1.165) is 0 Å². The second kappa shape index (κ2) is 11.7. The number of aliphatic carboxylic acids is 2. The number of carbonyl (C=O) groups is 2. The van der Waals surface area contributed by atoms with Crippen LogP contribution >= 0.6 is 11.6 Å². The fourth-order valence-corrected chi connectivity index (χ4v) is 0.815. The van der Waals surface area contributed by atoms with Crippen LogP contribution in [0.1, 0.15) is 16.2 Å². The summed E-state index contributed by atoms with van der Waals surface area (Å²) in [5, 5.41) is 19.2. The Bertz CT molecular complexity index is 212. The fraction of sp³-hybridized carbons (Fsp3) is 0.714. The van der Waals surface area contributed by atoms with E-state index in [2.05, 4.69) is 5.32 Å². The van der Waals surface area contributed by atoms with Gasteiger partial charge in [0.25, 0.3) is 0 Å². The van der Waals surface area contributed by atoms with Crippen LogP contribution in [0.4, 0.5) is 0 Å². The van der Waals surface area contributed by atoms with Crippen LogP contribution in [0.5, 0.6) is 0 Å². The summed E-state index contributed by atoms with van der Waals surface area (Å²) in [5.74, 6) is -2.33. The van der Waals surface area contributed by atoms with E-state index in [4.69, 9.17) is 21.8 Å². The van der Waals surface area contributed by atoms with Crippen molar-refractivity contribution in [3.63, 3.8) is 0 Å². The maximum absolute atomic E-state index is 10.5. The van der Waals surface area contributed by atoms with Gasteiger partial charge in [-0.25, -0.2) is 0 Å². The zero-order chi connectivity index (χ0) is 10.4. The van der Waals surface area contributed by atoms with Gasteiger partial charge in [-0.1, -0.05) is 0 Å². The van der Waals surface area contributed by atoms with Crippen molar-refractivity contribution in [3.8, 4) is 0 Å². The zero-order valence-corrected chi connectivity index (χ0v) is 13.9. The molecule has 0 bridgehead atoms. The normalized spacial score (nSPS) is 12.9. The first-order valence-electron chi connectivity index (χ1n) is 3.75. The van der Waals surface area contributed by atoms with Gasteiger partial charge in [0.1, 0.15) is 6.04 Å². The minimum absolute atomic E-state index is 0. The van der Waals surface area contributed by atoms with E-state index in [9.17, 15) is 9.59 Å². The van der Waals surface area contributed by atoms with E-state index in [1.54, 1.807) is 6.92 Å². The summed E-state index contributed by atoms with van der Waals surface area (Å²) in [6, 6.07) is -1.07. The van der Waals surface area contributed by atoms with Crippen molar-refractivity contribution in [1.82, 2.24) is 5.32 Å². The van der Waals surface area contributed by atoms with Gasteiger partial charge in [0, 0.05) is 11.9 Å². The molecular weight excluding hydrogens is 244 g/mol. The molecule has 0 aromatic carbocycles. The smallest absolute Gasteiger partial charge is 1.00 e. The van der Waals surface area contributed by atoms with Crippen molar-refractivity contribution < 1.29 is 81.8 Å². The molecule has 1 unspecified atom stereocenters. The third-order valence-corrected chi connectivity index (χ3v) is 1.48. The van der Waals surface area contributed by atoms with E-state index in [1.165, 1.54) is 0 Å². The van der Waals surface area contributed by atoms with Gasteiger partial charge in [0.05, 0.1) is 6.42 Å². The summed E-state index contributed by atoms with van der Waals surface area (Å²) in [7, 11) is 0. The van der Waals surface area contributed by atoms with Crippen molar-refractivity contribution >= 4 is 23.5 Å². The molecule has 80 valence electrons. The van der Waals surface area contributed by atoms with Crippen LogP contribution in [0.25, 0.3) is 0 Å². The molecule has 0 amide bonds. The molecule has 0 spiro atoms. The van der Waals surface area contributed by atoms with Crippen LogP contribution in [0.15, 0.2) is 0 Å². The Kier molecular flexibility index (Phi) is 16.7. The summed E-state index contributed by atoms with van der Waals surface area (Å²) < 4.78 is 0. The van der Waals surface area contributed by atoms with Crippen LogP contribution in [0.2, 0.25) is 0 Å². The number of hydrogen-bond donors (Lipinski definition) is 3. The first-order chi connectivity index (χ1) is 5.93. The molecule has 3 N–H and O–H groups in total. The standard InChI is InChI=1S/C7H12ClNO4.2Na.2H/c1-4(8)3-9-5(7(12)13)2-6(10)11;;;;/h4-5,9H,2-3H2,1H3,(H,10,11)(H,12,13);;;;/q;2*+1;2*-1/t4?,5-;;;;/m0..../s1. The third-order valence-electron chi connectivity index (χ3n) is 1.32. The maximum Gasteiger partial charge on any atom is 1.00 e. The summed E-state index contributed by atoms with van der Waals surface area (Å²) in [6.07, 6.45) is -0.445. The largest absolute Gasteiger partial charge is 1.00 e. The molecule has 8 heteroatoms. The van der Waals surface area contributed by atoms with Gasteiger partial charge in [-0.05, 0) is 6.92 Å². The van der Waals surface area contributed by atoms with Gasteiger partial charge in [-0.2, -0.15) is 0 Å². The quantitative estimate of drug-likeness (QED) is 0.326. The zero-order valence-electron chi connectivity index (χ0n) is 11.2. The van der Waals surface area contributed by atoms with Crippen LogP contribution < -0.4 is 64.4 Å². The molecule has 2 atom stereocenters. The summed E-state index contributed by atoms with van der Waals surface area (Å²) in [5.41, 5.74) is 0. The molecule has 0 aromatic rings. The fourth-order valence-electron chi connectivity index (χ4n) is 0.726. The topological polar surface area (TPSA) is 86.6 Å². The first kappa shape index (κ1) is 21.5. The Morgan fingerprint density at radius 2 is 1.87 bits per heavy atom. The number of carboxylic acids is 2. The second-order valence-electron chi connectivity index (χ2n) is 2.68. The molecule has 0 aromatic heterocycles. The molecule has 0 saturated heterocycles. The Morgan fingerprint density at radius 1 is 1.40 bits per heavy atom. The van der Waals surface area contributed by atoms with Crippen molar-refractivity contribution in [2.45, 2.75) is 24.8 Å².